The molecule has 0 spiro atoms. The molecule has 1 saturated heterocycles. The molecular weight excluding hydrogens is 239 g/mol. The third-order valence-corrected chi connectivity index (χ3v) is 4.23. The van der Waals surface area contributed by atoms with E-state index in [1.54, 1.807) is 0 Å². The quantitative estimate of drug-likeness (QED) is 0.907. The molecule has 0 aromatic heterocycles. The van der Waals surface area contributed by atoms with Crippen LogP contribution in [0.4, 0.5) is 4.39 Å². The smallest absolute Gasteiger partial charge is 0.123 e. The van der Waals surface area contributed by atoms with Crippen molar-refractivity contribution in [1.82, 2.24) is 4.90 Å². The maximum atomic E-state index is 13.1. The first-order valence-electron chi connectivity index (χ1n) is 7.26. The largest absolute Gasteiger partial charge is 0.326 e. The number of benzene rings is 1. The third kappa shape index (κ3) is 3.34. The first kappa shape index (κ1) is 14.5. The van der Waals surface area contributed by atoms with Crippen LogP contribution < -0.4 is 5.73 Å². The molecule has 3 heteroatoms. The van der Waals surface area contributed by atoms with Crippen molar-refractivity contribution in [2.75, 3.05) is 6.54 Å². The number of nitrogens with two attached hydrogens (primary N) is 1. The normalized spacial score (nSPS) is 28.1. The van der Waals surface area contributed by atoms with Crippen LogP contribution in [0.2, 0.25) is 0 Å². The number of halogens is 1. The van der Waals surface area contributed by atoms with Crippen LogP contribution in [0, 0.1) is 11.7 Å². The molecule has 4 atom stereocenters. The van der Waals surface area contributed by atoms with E-state index in [1.165, 1.54) is 25.0 Å². The molecule has 2 nitrogen and oxygen atoms in total. The molecule has 2 rings (SSSR count). The van der Waals surface area contributed by atoms with Gasteiger partial charge in [-0.25, -0.2) is 4.39 Å². The lowest BCUT2D eigenvalue weighted by Crippen LogP contribution is -2.48. The van der Waals surface area contributed by atoms with Crippen LogP contribution in [-0.4, -0.2) is 23.5 Å². The predicted molar refractivity (Wildman–Crippen MR) is 77.4 cm³/mol. The minimum Gasteiger partial charge on any atom is -0.326 e. The summed E-state index contributed by atoms with van der Waals surface area (Å²) in [4.78, 5) is 2.49. The van der Waals surface area contributed by atoms with Crippen molar-refractivity contribution in [2.24, 2.45) is 11.7 Å². The number of likely N-dealkylation sites (tertiary alicyclic amines) is 1. The highest BCUT2D eigenvalue weighted by molar-refractivity contribution is 5.22. The van der Waals surface area contributed by atoms with Crippen molar-refractivity contribution < 1.29 is 4.39 Å². The van der Waals surface area contributed by atoms with Crippen molar-refractivity contribution in [3.05, 3.63) is 35.6 Å². The van der Waals surface area contributed by atoms with Gasteiger partial charge in [0.05, 0.1) is 0 Å². The molecule has 2 N–H and O–H groups in total. The average Bonchev–Trinajstić information content (AvgIpc) is 2.36. The van der Waals surface area contributed by atoms with Crippen LogP contribution in [0.25, 0.3) is 0 Å². The van der Waals surface area contributed by atoms with E-state index in [-0.39, 0.29) is 17.9 Å². The monoisotopic (exact) mass is 264 g/mol. The summed E-state index contributed by atoms with van der Waals surface area (Å²) in [6.45, 7) is 7.68. The van der Waals surface area contributed by atoms with Crippen molar-refractivity contribution in [2.45, 2.75) is 51.7 Å². The standard InChI is InChI=1S/C16H25FN2/c1-11-4-5-12(2)19(10-11)16(13(3)18)14-6-8-15(17)9-7-14/h6-9,11-13,16H,4-5,10,18H2,1-3H3. The van der Waals surface area contributed by atoms with Gasteiger partial charge in [-0.05, 0) is 50.3 Å². The average molecular weight is 264 g/mol. The first-order valence-corrected chi connectivity index (χ1v) is 7.26. The van der Waals surface area contributed by atoms with Crippen molar-refractivity contribution >= 4 is 0 Å². The molecule has 1 fully saturated rings. The Morgan fingerprint density at radius 2 is 1.84 bits per heavy atom. The van der Waals surface area contributed by atoms with E-state index >= 15 is 0 Å². The van der Waals surface area contributed by atoms with Crippen LogP contribution in [0.3, 0.4) is 0 Å². The summed E-state index contributed by atoms with van der Waals surface area (Å²) in [7, 11) is 0. The number of nitrogens with zero attached hydrogens (tertiary/aromatic N) is 1. The zero-order chi connectivity index (χ0) is 14.0. The van der Waals surface area contributed by atoms with Crippen LogP contribution in [0.5, 0.6) is 0 Å². The van der Waals surface area contributed by atoms with E-state index in [4.69, 9.17) is 5.73 Å². The summed E-state index contributed by atoms with van der Waals surface area (Å²) in [5, 5.41) is 0. The molecule has 1 heterocycles. The van der Waals surface area contributed by atoms with Gasteiger partial charge in [0.1, 0.15) is 5.82 Å². The summed E-state index contributed by atoms with van der Waals surface area (Å²) in [6.07, 6.45) is 2.50. The molecule has 106 valence electrons. The van der Waals surface area contributed by atoms with Gasteiger partial charge < -0.3 is 5.73 Å². The molecule has 0 saturated carbocycles. The maximum Gasteiger partial charge on any atom is 0.123 e. The van der Waals surface area contributed by atoms with E-state index in [0.29, 0.717) is 12.0 Å². The van der Waals surface area contributed by atoms with Gasteiger partial charge >= 0.3 is 0 Å². The summed E-state index contributed by atoms with van der Waals surface area (Å²) < 4.78 is 13.1. The Morgan fingerprint density at radius 3 is 2.42 bits per heavy atom. The molecule has 1 aromatic carbocycles. The van der Waals surface area contributed by atoms with Crippen molar-refractivity contribution in [3.8, 4) is 0 Å². The fourth-order valence-electron chi connectivity index (χ4n) is 3.17. The Labute approximate surface area is 115 Å². The number of piperidine rings is 1. The first-order chi connectivity index (χ1) is 8.99. The Kier molecular flexibility index (Phi) is 4.58. The van der Waals surface area contributed by atoms with Crippen molar-refractivity contribution in [3.63, 3.8) is 0 Å². The van der Waals surface area contributed by atoms with E-state index in [0.717, 1.165) is 12.1 Å². The number of hydrogen-bond donors (Lipinski definition) is 1. The molecule has 0 bridgehead atoms. The Morgan fingerprint density at radius 1 is 1.21 bits per heavy atom. The lowest BCUT2D eigenvalue weighted by molar-refractivity contribution is 0.0660. The van der Waals surface area contributed by atoms with Crippen LogP contribution >= 0.6 is 0 Å². The lowest BCUT2D eigenvalue weighted by Gasteiger charge is -2.43. The number of hydrogen-bond acceptors (Lipinski definition) is 2. The molecule has 0 aliphatic carbocycles. The maximum absolute atomic E-state index is 13.1. The Bertz CT molecular complexity index is 402. The molecular formula is C16H25FN2. The molecule has 0 amide bonds. The van der Waals surface area contributed by atoms with Gasteiger partial charge in [0.25, 0.3) is 0 Å². The van der Waals surface area contributed by atoms with E-state index in [2.05, 4.69) is 18.7 Å². The number of rotatable bonds is 3. The van der Waals surface area contributed by atoms with Crippen LogP contribution in [0.15, 0.2) is 24.3 Å². The molecule has 0 radical (unpaired) electrons. The van der Waals surface area contributed by atoms with E-state index in [1.807, 2.05) is 19.1 Å². The van der Waals surface area contributed by atoms with Gasteiger partial charge in [0.15, 0.2) is 0 Å². The summed E-state index contributed by atoms with van der Waals surface area (Å²) in [5.74, 6) is 0.519. The molecule has 19 heavy (non-hydrogen) atoms. The van der Waals surface area contributed by atoms with E-state index < -0.39 is 0 Å². The fourth-order valence-corrected chi connectivity index (χ4v) is 3.17. The van der Waals surface area contributed by atoms with Gasteiger partial charge in [0, 0.05) is 24.7 Å². The topological polar surface area (TPSA) is 29.3 Å². The highest BCUT2D eigenvalue weighted by Crippen LogP contribution is 2.32. The molecule has 4 unspecified atom stereocenters. The van der Waals surface area contributed by atoms with Crippen molar-refractivity contribution in [1.29, 1.82) is 0 Å². The fraction of sp³-hybridized carbons (Fsp3) is 0.625. The highest BCUT2D eigenvalue weighted by Gasteiger charge is 2.31. The summed E-state index contributed by atoms with van der Waals surface area (Å²) in [6, 6.07) is 7.56. The minimum atomic E-state index is -0.188. The Balaban J connectivity index is 2.26. The zero-order valence-corrected chi connectivity index (χ0v) is 12.1. The third-order valence-electron chi connectivity index (χ3n) is 4.23. The van der Waals surface area contributed by atoms with Gasteiger partial charge in [-0.3, -0.25) is 4.90 Å². The van der Waals surface area contributed by atoms with Gasteiger partial charge in [-0.1, -0.05) is 19.1 Å². The second-order valence-electron chi connectivity index (χ2n) is 6.08. The SMILES string of the molecule is CC1CCC(C)N(C(c2ccc(F)cc2)C(C)N)C1. The van der Waals surface area contributed by atoms with Gasteiger partial charge in [-0.2, -0.15) is 0 Å². The predicted octanol–water partition coefficient (Wildman–Crippen LogP) is 3.33. The van der Waals surface area contributed by atoms with E-state index in [9.17, 15) is 4.39 Å². The summed E-state index contributed by atoms with van der Waals surface area (Å²) >= 11 is 0. The summed E-state index contributed by atoms with van der Waals surface area (Å²) in [5.41, 5.74) is 7.33. The molecule has 1 aliphatic rings. The van der Waals surface area contributed by atoms with Gasteiger partial charge in [0.2, 0.25) is 0 Å². The second kappa shape index (κ2) is 6.02. The zero-order valence-electron chi connectivity index (χ0n) is 12.1. The van der Waals surface area contributed by atoms with Crippen LogP contribution in [-0.2, 0) is 0 Å². The van der Waals surface area contributed by atoms with Gasteiger partial charge in [-0.15, -0.1) is 0 Å². The molecule has 1 aliphatic heterocycles. The highest BCUT2D eigenvalue weighted by atomic mass is 19.1. The second-order valence-corrected chi connectivity index (χ2v) is 6.08. The minimum absolute atomic E-state index is 0.0400. The lowest BCUT2D eigenvalue weighted by atomic mass is 9.89. The molecule has 1 aromatic rings. The van der Waals surface area contributed by atoms with Crippen LogP contribution in [0.1, 0.15) is 45.2 Å². The Hall–Kier alpha value is -0.930.